The molecule has 0 saturated carbocycles. The molecule has 2 aliphatic heterocycles. The van der Waals surface area contributed by atoms with E-state index in [1.165, 1.54) is 4.70 Å². The number of hydrogen-bond acceptors (Lipinski definition) is 5. The van der Waals surface area contributed by atoms with E-state index in [-0.39, 0.29) is 17.9 Å². The van der Waals surface area contributed by atoms with Crippen molar-refractivity contribution in [2.75, 3.05) is 37.7 Å². The highest BCUT2D eigenvalue weighted by Gasteiger charge is 2.32. The molecule has 24 heavy (non-hydrogen) atoms. The van der Waals surface area contributed by atoms with Crippen molar-refractivity contribution in [1.29, 1.82) is 0 Å². The second kappa shape index (κ2) is 6.69. The maximum atomic E-state index is 12.9. The van der Waals surface area contributed by atoms with Gasteiger partial charge in [0.25, 0.3) is 0 Å². The van der Waals surface area contributed by atoms with Crippen molar-refractivity contribution in [3.05, 3.63) is 24.3 Å². The summed E-state index contributed by atoms with van der Waals surface area (Å²) in [6.07, 6.45) is 2.17. The van der Waals surface area contributed by atoms with Gasteiger partial charge in [0.2, 0.25) is 5.91 Å². The zero-order valence-corrected chi connectivity index (χ0v) is 14.8. The number of nitrogens with zero attached hydrogens (tertiary/aromatic N) is 3. The minimum atomic E-state index is 0.0797. The first-order valence-electron chi connectivity index (χ1n) is 8.71. The lowest BCUT2D eigenvalue weighted by Gasteiger charge is -2.37. The van der Waals surface area contributed by atoms with Gasteiger partial charge < -0.3 is 14.5 Å². The monoisotopic (exact) mass is 345 g/mol. The second-order valence-corrected chi connectivity index (χ2v) is 7.72. The van der Waals surface area contributed by atoms with Crippen molar-refractivity contribution in [1.82, 2.24) is 9.88 Å². The van der Waals surface area contributed by atoms with E-state index in [4.69, 9.17) is 9.72 Å². The molecule has 0 aliphatic carbocycles. The van der Waals surface area contributed by atoms with Crippen molar-refractivity contribution < 1.29 is 9.53 Å². The Morgan fingerprint density at radius 3 is 3.00 bits per heavy atom. The van der Waals surface area contributed by atoms with Gasteiger partial charge in [-0.3, -0.25) is 4.79 Å². The van der Waals surface area contributed by atoms with Crippen LogP contribution in [0.25, 0.3) is 10.2 Å². The van der Waals surface area contributed by atoms with Crippen LogP contribution in [0.2, 0.25) is 0 Å². The molecule has 0 radical (unpaired) electrons. The molecule has 128 valence electrons. The highest BCUT2D eigenvalue weighted by Crippen LogP contribution is 2.32. The lowest BCUT2D eigenvalue weighted by molar-refractivity contribution is -0.142. The summed E-state index contributed by atoms with van der Waals surface area (Å²) in [7, 11) is 0. The molecule has 2 aliphatic rings. The lowest BCUT2D eigenvalue weighted by atomic mass is 9.96. The number of carbonyl (C=O) groups excluding carboxylic acids is 1. The molecule has 1 aromatic carbocycles. The van der Waals surface area contributed by atoms with E-state index in [1.807, 2.05) is 24.0 Å². The van der Waals surface area contributed by atoms with Crippen LogP contribution in [0.15, 0.2) is 24.3 Å². The molecule has 2 atom stereocenters. The zero-order valence-electron chi connectivity index (χ0n) is 14.0. The SMILES string of the molecule is C[C@H]1CN(C(=O)[C@@H]2CCCN(c3nc4ccccc4s3)C2)CCO1. The van der Waals surface area contributed by atoms with Gasteiger partial charge in [-0.2, -0.15) is 0 Å². The molecule has 2 saturated heterocycles. The summed E-state index contributed by atoms with van der Waals surface area (Å²) >= 11 is 1.72. The standard InChI is InChI=1S/C18H23N3O2S/c1-13-11-20(9-10-23-13)17(22)14-5-4-8-21(12-14)18-19-15-6-2-3-7-16(15)24-18/h2-3,6-7,13-14H,4-5,8-12H2,1H3/t13-,14+/m0/s1. The van der Waals surface area contributed by atoms with E-state index in [0.717, 1.165) is 49.7 Å². The molecule has 0 N–H and O–H groups in total. The quantitative estimate of drug-likeness (QED) is 0.840. The van der Waals surface area contributed by atoms with Gasteiger partial charge in [0, 0.05) is 26.2 Å². The molecule has 2 fully saturated rings. The largest absolute Gasteiger partial charge is 0.375 e. The number of aromatic nitrogens is 1. The summed E-state index contributed by atoms with van der Waals surface area (Å²) in [5.74, 6) is 0.368. The van der Waals surface area contributed by atoms with Gasteiger partial charge in [0.05, 0.1) is 28.8 Å². The molecular weight excluding hydrogens is 322 g/mol. The van der Waals surface area contributed by atoms with Crippen molar-refractivity contribution in [3.63, 3.8) is 0 Å². The smallest absolute Gasteiger partial charge is 0.227 e. The van der Waals surface area contributed by atoms with Crippen LogP contribution in [-0.4, -0.2) is 54.7 Å². The number of rotatable bonds is 2. The van der Waals surface area contributed by atoms with Gasteiger partial charge in [0.1, 0.15) is 0 Å². The van der Waals surface area contributed by atoms with Crippen LogP contribution in [0.4, 0.5) is 5.13 Å². The van der Waals surface area contributed by atoms with Gasteiger partial charge >= 0.3 is 0 Å². The number of thiazole rings is 1. The van der Waals surface area contributed by atoms with Gasteiger partial charge in [0.15, 0.2) is 5.13 Å². The fourth-order valence-corrected chi connectivity index (χ4v) is 4.63. The van der Waals surface area contributed by atoms with Crippen LogP contribution in [0.1, 0.15) is 19.8 Å². The average Bonchev–Trinajstić information content (AvgIpc) is 3.05. The highest BCUT2D eigenvalue weighted by atomic mass is 32.1. The topological polar surface area (TPSA) is 45.7 Å². The summed E-state index contributed by atoms with van der Waals surface area (Å²) in [6.45, 7) is 5.90. The Balaban J connectivity index is 1.47. The molecule has 1 amide bonds. The van der Waals surface area contributed by atoms with Gasteiger partial charge in [-0.25, -0.2) is 4.98 Å². The van der Waals surface area contributed by atoms with Gasteiger partial charge in [-0.1, -0.05) is 23.5 Å². The fourth-order valence-electron chi connectivity index (χ4n) is 3.62. The number of carbonyl (C=O) groups is 1. The predicted molar refractivity (Wildman–Crippen MR) is 96.6 cm³/mol. The number of para-hydroxylation sites is 1. The zero-order chi connectivity index (χ0) is 16.5. The van der Waals surface area contributed by atoms with Crippen molar-refractivity contribution >= 4 is 32.6 Å². The molecule has 4 rings (SSSR count). The Kier molecular flexibility index (Phi) is 4.41. The Bertz CT molecular complexity index is 699. The Hall–Kier alpha value is -1.66. The first-order valence-corrected chi connectivity index (χ1v) is 9.53. The number of ether oxygens (including phenoxy) is 1. The first-order chi connectivity index (χ1) is 11.7. The number of benzene rings is 1. The van der Waals surface area contributed by atoms with E-state index in [1.54, 1.807) is 11.3 Å². The summed E-state index contributed by atoms with van der Waals surface area (Å²) in [5.41, 5.74) is 1.05. The average molecular weight is 345 g/mol. The third-order valence-corrected chi connectivity index (χ3v) is 5.97. The number of hydrogen-bond donors (Lipinski definition) is 0. The number of piperidine rings is 1. The van der Waals surface area contributed by atoms with Crippen LogP contribution in [0.5, 0.6) is 0 Å². The molecule has 3 heterocycles. The third kappa shape index (κ3) is 3.13. The van der Waals surface area contributed by atoms with E-state index >= 15 is 0 Å². The second-order valence-electron chi connectivity index (χ2n) is 6.71. The van der Waals surface area contributed by atoms with Crippen molar-refractivity contribution in [3.8, 4) is 0 Å². The van der Waals surface area contributed by atoms with Crippen LogP contribution in [0.3, 0.4) is 0 Å². The van der Waals surface area contributed by atoms with Crippen LogP contribution < -0.4 is 4.90 Å². The predicted octanol–water partition coefficient (Wildman–Crippen LogP) is 2.76. The first kappa shape index (κ1) is 15.8. The molecule has 0 unspecified atom stereocenters. The number of fused-ring (bicyclic) bond motifs is 1. The van der Waals surface area contributed by atoms with E-state index in [9.17, 15) is 4.79 Å². The van der Waals surface area contributed by atoms with Crippen molar-refractivity contribution in [2.24, 2.45) is 5.92 Å². The van der Waals surface area contributed by atoms with E-state index in [2.05, 4.69) is 17.0 Å². The summed E-state index contributed by atoms with van der Waals surface area (Å²) < 4.78 is 6.77. The summed E-state index contributed by atoms with van der Waals surface area (Å²) in [4.78, 5) is 21.9. The molecule has 6 heteroatoms. The summed E-state index contributed by atoms with van der Waals surface area (Å²) in [5, 5.41) is 1.05. The van der Waals surface area contributed by atoms with Crippen LogP contribution in [-0.2, 0) is 9.53 Å². The van der Waals surface area contributed by atoms with E-state index < -0.39 is 0 Å². The molecule has 1 aromatic heterocycles. The summed E-state index contributed by atoms with van der Waals surface area (Å²) in [6, 6.07) is 8.23. The molecule has 2 aromatic rings. The maximum absolute atomic E-state index is 12.9. The van der Waals surface area contributed by atoms with Gasteiger partial charge in [-0.05, 0) is 31.9 Å². The van der Waals surface area contributed by atoms with Gasteiger partial charge in [-0.15, -0.1) is 0 Å². The molecule has 5 nitrogen and oxygen atoms in total. The highest BCUT2D eigenvalue weighted by molar-refractivity contribution is 7.22. The molecule has 0 bridgehead atoms. The van der Waals surface area contributed by atoms with Crippen molar-refractivity contribution in [2.45, 2.75) is 25.9 Å². The number of morpholine rings is 1. The number of anilines is 1. The third-order valence-electron chi connectivity index (χ3n) is 4.88. The Morgan fingerprint density at radius 2 is 2.17 bits per heavy atom. The Labute approximate surface area is 146 Å². The van der Waals surface area contributed by atoms with E-state index in [0.29, 0.717) is 6.61 Å². The molecule has 0 spiro atoms. The lowest BCUT2D eigenvalue weighted by Crippen LogP contribution is -2.50. The fraction of sp³-hybridized carbons (Fsp3) is 0.556. The van der Waals surface area contributed by atoms with Crippen LogP contribution in [0, 0.1) is 5.92 Å². The normalized spacial score (nSPS) is 25.2. The van der Waals surface area contributed by atoms with Crippen LogP contribution >= 0.6 is 11.3 Å². The number of amides is 1. The molecular formula is C18H23N3O2S. The maximum Gasteiger partial charge on any atom is 0.227 e. The minimum Gasteiger partial charge on any atom is -0.375 e. The Morgan fingerprint density at radius 1 is 1.29 bits per heavy atom. The minimum absolute atomic E-state index is 0.0797.